The van der Waals surface area contributed by atoms with Gasteiger partial charge in [-0.3, -0.25) is 38.8 Å². The van der Waals surface area contributed by atoms with E-state index in [0.29, 0.717) is 83.3 Å². The summed E-state index contributed by atoms with van der Waals surface area (Å²) in [6.45, 7) is 3.94. The number of para-hydroxylation sites is 1. The van der Waals surface area contributed by atoms with Crippen LogP contribution in [0.4, 0.5) is 13.2 Å². The molecular weight excluding hydrogens is 703 g/mol. The lowest BCUT2D eigenvalue weighted by Gasteiger charge is -2.36. The first kappa shape index (κ1) is 41.0. The Morgan fingerprint density at radius 3 is 1.92 bits per heavy atom. The fourth-order valence-corrected chi connectivity index (χ4v) is 6.05. The molecule has 0 unspecified atom stereocenters. The Balaban J connectivity index is 1.29. The molecule has 0 spiro atoms. The van der Waals surface area contributed by atoms with E-state index in [4.69, 9.17) is 9.47 Å². The zero-order chi connectivity index (χ0) is 38.4. The number of carbonyl (C=O) groups is 4. The highest BCUT2D eigenvalue weighted by Gasteiger charge is 2.31. The summed E-state index contributed by atoms with van der Waals surface area (Å²) in [6, 6.07) is 10.2. The number of benzene rings is 2. The van der Waals surface area contributed by atoms with Gasteiger partial charge in [0.1, 0.15) is 11.5 Å². The van der Waals surface area contributed by atoms with Crippen molar-refractivity contribution in [1.29, 1.82) is 0 Å². The quantitative estimate of drug-likeness (QED) is 0.175. The second-order valence-corrected chi connectivity index (χ2v) is 12.7. The number of nitrogens with one attached hydrogen (secondary N) is 1. The van der Waals surface area contributed by atoms with E-state index < -0.39 is 36.2 Å². The van der Waals surface area contributed by atoms with Crippen molar-refractivity contribution >= 4 is 30.0 Å². The summed E-state index contributed by atoms with van der Waals surface area (Å²) in [5.74, 6) is -1.99. The number of hydrogen-bond donors (Lipinski definition) is 3. The van der Waals surface area contributed by atoms with Crippen LogP contribution in [0.25, 0.3) is 0 Å². The van der Waals surface area contributed by atoms with Gasteiger partial charge < -0.3 is 24.6 Å². The van der Waals surface area contributed by atoms with Gasteiger partial charge in [-0.05, 0) is 42.3 Å². The minimum absolute atomic E-state index is 0.0894. The van der Waals surface area contributed by atoms with Gasteiger partial charge in [0.25, 0.3) is 5.91 Å². The number of ether oxygens (including phenoxy) is 2. The summed E-state index contributed by atoms with van der Waals surface area (Å²) in [4.78, 5) is 57.5. The molecule has 2 aliphatic heterocycles. The molecule has 0 bridgehead atoms. The predicted molar refractivity (Wildman–Crippen MR) is 187 cm³/mol. The first-order valence-corrected chi connectivity index (χ1v) is 17.2. The van der Waals surface area contributed by atoms with Crippen LogP contribution in [0.15, 0.2) is 47.6 Å². The van der Waals surface area contributed by atoms with Gasteiger partial charge in [-0.15, -0.1) is 0 Å². The number of alkyl halides is 3. The number of piperazine rings is 1. The number of amides is 2. The lowest BCUT2D eigenvalue weighted by Crippen LogP contribution is -2.52. The molecule has 4 rings (SSSR count). The van der Waals surface area contributed by atoms with Gasteiger partial charge in [0.2, 0.25) is 5.91 Å². The second-order valence-electron chi connectivity index (χ2n) is 12.7. The van der Waals surface area contributed by atoms with Crippen LogP contribution in [0.2, 0.25) is 0 Å². The van der Waals surface area contributed by atoms with Crippen LogP contribution in [-0.2, 0) is 31.8 Å². The molecule has 2 aliphatic rings. The maximum atomic E-state index is 13.6. The third-order valence-corrected chi connectivity index (χ3v) is 8.97. The van der Waals surface area contributed by atoms with Crippen molar-refractivity contribution < 1.29 is 52.0 Å². The van der Waals surface area contributed by atoms with E-state index in [2.05, 4.69) is 10.5 Å². The van der Waals surface area contributed by atoms with E-state index in [1.807, 2.05) is 9.80 Å². The Labute approximate surface area is 305 Å². The molecule has 0 radical (unpaired) electrons. The Bertz CT molecular complexity index is 1560. The van der Waals surface area contributed by atoms with Gasteiger partial charge in [-0.25, -0.2) is 5.43 Å². The molecule has 15 nitrogen and oxygen atoms in total. The van der Waals surface area contributed by atoms with Crippen molar-refractivity contribution in [1.82, 2.24) is 29.9 Å². The molecule has 2 saturated heterocycles. The van der Waals surface area contributed by atoms with Gasteiger partial charge in [0.15, 0.2) is 6.61 Å². The van der Waals surface area contributed by atoms with Crippen LogP contribution in [0, 0.1) is 0 Å². The number of carbonyl (C=O) groups excluding carboxylic acids is 2. The van der Waals surface area contributed by atoms with Crippen molar-refractivity contribution in [3.05, 3.63) is 59.2 Å². The van der Waals surface area contributed by atoms with Crippen molar-refractivity contribution in [2.24, 2.45) is 5.10 Å². The molecule has 0 atom stereocenters. The SMILES string of the molecule is COc1ccccc1/C=N/NC(=O)COc1ccc(C(F)(F)F)cc1CCN1CCN(C(=O)CN2CCN(CC(=O)O)CCN(CC(=O)O)CC2)CC1. The molecule has 2 heterocycles. The van der Waals surface area contributed by atoms with Gasteiger partial charge >= 0.3 is 18.1 Å². The monoisotopic (exact) mass is 749 g/mol. The Morgan fingerprint density at radius 1 is 0.792 bits per heavy atom. The fourth-order valence-electron chi connectivity index (χ4n) is 6.05. The van der Waals surface area contributed by atoms with Crippen LogP contribution in [0.3, 0.4) is 0 Å². The third kappa shape index (κ3) is 13.6. The maximum Gasteiger partial charge on any atom is 0.416 e. The van der Waals surface area contributed by atoms with Gasteiger partial charge in [0.05, 0.1) is 38.5 Å². The number of nitrogens with zero attached hydrogens (tertiary/aromatic N) is 6. The Kier molecular flexibility index (Phi) is 15.4. The molecule has 2 aromatic rings. The van der Waals surface area contributed by atoms with Crippen LogP contribution >= 0.6 is 0 Å². The molecule has 53 heavy (non-hydrogen) atoms. The highest BCUT2D eigenvalue weighted by molar-refractivity contribution is 5.85. The van der Waals surface area contributed by atoms with Crippen LogP contribution in [-0.4, -0.2) is 170 Å². The van der Waals surface area contributed by atoms with Crippen LogP contribution < -0.4 is 14.9 Å². The van der Waals surface area contributed by atoms with Gasteiger partial charge in [0, 0.05) is 77.6 Å². The summed E-state index contributed by atoms with van der Waals surface area (Å²) < 4.78 is 51.7. The standard InChI is InChI=1S/C35H46F3N7O8/c1-52-29-5-3-2-4-27(29)21-39-40-31(46)25-53-30-7-6-28(35(36,37)38)20-26(30)8-9-41-16-18-45(19-17-41)32(47)22-42-10-12-43(23-33(48)49)14-15-44(13-11-42)24-34(50)51/h2-7,20-21H,8-19,22-25H2,1H3,(H,40,46)(H,48,49)(H,50,51)/b39-21+. The summed E-state index contributed by atoms with van der Waals surface area (Å²) in [5.41, 5.74) is 2.41. The Hall–Kier alpha value is -4.78. The zero-order valence-corrected chi connectivity index (χ0v) is 29.6. The van der Waals surface area contributed by atoms with Gasteiger partial charge in [-0.2, -0.15) is 18.3 Å². The first-order chi connectivity index (χ1) is 25.3. The maximum absolute atomic E-state index is 13.6. The van der Waals surface area contributed by atoms with E-state index in [1.54, 1.807) is 39.0 Å². The molecule has 3 N–H and O–H groups in total. The number of aliphatic carboxylic acids is 2. The fraction of sp³-hybridized carbons (Fsp3) is 0.514. The number of hydrogen-bond acceptors (Lipinski definition) is 11. The van der Waals surface area contributed by atoms with Crippen molar-refractivity contribution in [2.75, 3.05) is 105 Å². The van der Waals surface area contributed by atoms with E-state index in [1.165, 1.54) is 19.4 Å². The lowest BCUT2D eigenvalue weighted by atomic mass is 10.1. The average molecular weight is 750 g/mol. The number of methoxy groups -OCH3 is 1. The first-order valence-electron chi connectivity index (χ1n) is 17.2. The summed E-state index contributed by atoms with van der Waals surface area (Å²) in [5, 5.41) is 22.5. The molecule has 0 aromatic heterocycles. The molecule has 2 amide bonds. The van der Waals surface area contributed by atoms with E-state index in [9.17, 15) is 42.6 Å². The minimum Gasteiger partial charge on any atom is -0.496 e. The third-order valence-electron chi connectivity index (χ3n) is 8.97. The van der Waals surface area contributed by atoms with E-state index >= 15 is 0 Å². The number of hydrazone groups is 1. The van der Waals surface area contributed by atoms with Crippen molar-refractivity contribution in [3.8, 4) is 11.5 Å². The normalized spacial score (nSPS) is 17.2. The highest BCUT2D eigenvalue weighted by Crippen LogP contribution is 2.33. The summed E-state index contributed by atoms with van der Waals surface area (Å²) in [6.07, 6.45) is -2.97. The largest absolute Gasteiger partial charge is 0.496 e. The molecule has 18 heteroatoms. The Morgan fingerprint density at radius 2 is 1.36 bits per heavy atom. The molecular formula is C35H46F3N7O8. The minimum atomic E-state index is -4.57. The molecule has 2 aromatic carbocycles. The van der Waals surface area contributed by atoms with E-state index in [0.717, 1.165) is 12.1 Å². The molecule has 0 saturated carbocycles. The number of carboxylic acid groups (broad SMARTS) is 2. The predicted octanol–water partition coefficient (Wildman–Crippen LogP) is 1.02. The molecule has 2 fully saturated rings. The van der Waals surface area contributed by atoms with Crippen LogP contribution in [0.5, 0.6) is 11.5 Å². The number of carboxylic acids is 2. The highest BCUT2D eigenvalue weighted by atomic mass is 19.4. The zero-order valence-electron chi connectivity index (χ0n) is 29.6. The van der Waals surface area contributed by atoms with Crippen molar-refractivity contribution in [2.45, 2.75) is 12.6 Å². The number of halogens is 3. The van der Waals surface area contributed by atoms with Crippen LogP contribution in [0.1, 0.15) is 16.7 Å². The van der Waals surface area contributed by atoms with E-state index in [-0.39, 0.29) is 43.3 Å². The smallest absolute Gasteiger partial charge is 0.416 e. The number of rotatable bonds is 15. The van der Waals surface area contributed by atoms with Gasteiger partial charge in [-0.1, -0.05) is 12.1 Å². The molecule has 290 valence electrons. The van der Waals surface area contributed by atoms with Crippen molar-refractivity contribution in [3.63, 3.8) is 0 Å². The summed E-state index contributed by atoms with van der Waals surface area (Å²) in [7, 11) is 1.51. The average Bonchev–Trinajstić information content (AvgIpc) is 3.20. The molecule has 0 aliphatic carbocycles. The lowest BCUT2D eigenvalue weighted by molar-refractivity contribution is -0.140. The topological polar surface area (TPSA) is 168 Å². The summed E-state index contributed by atoms with van der Waals surface area (Å²) >= 11 is 0. The second kappa shape index (κ2) is 19.9.